The molecule has 6 heteroatoms. The number of fused-ring (bicyclic) bond motifs is 1. The first-order valence-electron chi connectivity index (χ1n) is 5.06. The highest BCUT2D eigenvalue weighted by Gasteiger charge is 2.01. The van der Waals surface area contributed by atoms with Gasteiger partial charge in [-0.1, -0.05) is 23.4 Å². The lowest BCUT2D eigenvalue weighted by Crippen LogP contribution is -2.12. The molecule has 0 unspecified atom stereocenters. The smallest absolute Gasteiger partial charge is 0.183 e. The zero-order valence-corrected chi connectivity index (χ0v) is 11.1. The van der Waals surface area contributed by atoms with E-state index in [2.05, 4.69) is 15.3 Å². The molecule has 0 aliphatic heterocycles. The number of rotatable bonds is 1. The summed E-state index contributed by atoms with van der Waals surface area (Å²) in [4.78, 5) is 8.34. The highest BCUT2D eigenvalue weighted by atomic mass is 35.5. The quantitative estimate of drug-likeness (QED) is 0.285. The summed E-state index contributed by atoms with van der Waals surface area (Å²) >= 11 is 7.36. The lowest BCUT2D eigenvalue weighted by molar-refractivity contribution is 1.28. The second-order valence-corrected chi connectivity index (χ2v) is 4.52. The number of nitriles is 1. The molecule has 0 amide bonds. The Labute approximate surface area is 114 Å². The maximum absolute atomic E-state index is 8.57. The summed E-state index contributed by atoms with van der Waals surface area (Å²) in [6.45, 7) is 0. The van der Waals surface area contributed by atoms with Gasteiger partial charge in [0.05, 0.1) is 5.69 Å². The number of halogens is 1. The zero-order valence-electron chi connectivity index (χ0n) is 9.51. The van der Waals surface area contributed by atoms with Gasteiger partial charge in [0, 0.05) is 11.6 Å². The summed E-state index contributed by atoms with van der Waals surface area (Å²) < 4.78 is 0. The SMILES string of the molecule is CSC(=Nc1ccc2c(Cl)nccc2c1)NC#N. The number of benzene rings is 1. The van der Waals surface area contributed by atoms with E-state index in [0.29, 0.717) is 10.3 Å². The van der Waals surface area contributed by atoms with Gasteiger partial charge in [0.15, 0.2) is 11.4 Å². The molecule has 0 bridgehead atoms. The molecule has 0 spiro atoms. The van der Waals surface area contributed by atoms with Crippen molar-refractivity contribution < 1.29 is 0 Å². The van der Waals surface area contributed by atoms with Crippen molar-refractivity contribution in [2.24, 2.45) is 4.99 Å². The fourth-order valence-corrected chi connectivity index (χ4v) is 2.06. The Bertz CT molecular complexity index is 648. The van der Waals surface area contributed by atoms with Gasteiger partial charge in [-0.15, -0.1) is 0 Å². The predicted octanol–water partition coefficient (Wildman–Crippen LogP) is 3.31. The number of hydrogen-bond donors (Lipinski definition) is 1. The average molecular weight is 277 g/mol. The van der Waals surface area contributed by atoms with E-state index in [-0.39, 0.29) is 0 Å². The van der Waals surface area contributed by atoms with E-state index in [1.165, 1.54) is 11.8 Å². The maximum atomic E-state index is 8.57. The van der Waals surface area contributed by atoms with Crippen LogP contribution in [-0.2, 0) is 0 Å². The van der Waals surface area contributed by atoms with E-state index in [4.69, 9.17) is 16.9 Å². The Morgan fingerprint density at radius 3 is 3.06 bits per heavy atom. The van der Waals surface area contributed by atoms with Gasteiger partial charge in [0.25, 0.3) is 0 Å². The van der Waals surface area contributed by atoms with Crippen molar-refractivity contribution in [1.29, 1.82) is 5.26 Å². The van der Waals surface area contributed by atoms with Gasteiger partial charge in [-0.05, 0) is 35.9 Å². The molecule has 0 saturated heterocycles. The number of amidine groups is 1. The number of nitrogens with one attached hydrogen (secondary N) is 1. The molecule has 1 N–H and O–H groups in total. The number of pyridine rings is 1. The average Bonchev–Trinajstić information content (AvgIpc) is 2.38. The maximum Gasteiger partial charge on any atom is 0.183 e. The first-order valence-corrected chi connectivity index (χ1v) is 6.67. The van der Waals surface area contributed by atoms with Crippen molar-refractivity contribution in [3.05, 3.63) is 35.6 Å². The standard InChI is InChI=1S/C12H9ClN4S/c1-18-12(16-7-14)17-9-2-3-10-8(6-9)4-5-15-11(10)13/h2-6H,1H3,(H,16,17). The predicted molar refractivity (Wildman–Crippen MR) is 76.1 cm³/mol. The molecule has 1 aromatic heterocycles. The van der Waals surface area contributed by atoms with Crippen molar-refractivity contribution in [1.82, 2.24) is 10.3 Å². The van der Waals surface area contributed by atoms with Gasteiger partial charge in [0.1, 0.15) is 5.15 Å². The molecule has 0 saturated carbocycles. The molecule has 18 heavy (non-hydrogen) atoms. The molecule has 2 aromatic rings. The molecule has 1 aromatic carbocycles. The Morgan fingerprint density at radius 1 is 1.50 bits per heavy atom. The molecule has 90 valence electrons. The summed E-state index contributed by atoms with van der Waals surface area (Å²) in [6.07, 6.45) is 5.36. The lowest BCUT2D eigenvalue weighted by atomic mass is 10.1. The minimum Gasteiger partial charge on any atom is -0.271 e. The van der Waals surface area contributed by atoms with Crippen LogP contribution >= 0.6 is 23.4 Å². The van der Waals surface area contributed by atoms with Crippen LogP contribution in [0.3, 0.4) is 0 Å². The minimum atomic E-state index is 0.475. The van der Waals surface area contributed by atoms with Crippen LogP contribution in [0, 0.1) is 11.5 Å². The second-order valence-electron chi connectivity index (χ2n) is 3.37. The Balaban J connectivity index is 2.45. The largest absolute Gasteiger partial charge is 0.271 e. The van der Waals surface area contributed by atoms with Crippen molar-refractivity contribution in [2.45, 2.75) is 0 Å². The summed E-state index contributed by atoms with van der Waals surface area (Å²) in [7, 11) is 0. The highest BCUT2D eigenvalue weighted by molar-refractivity contribution is 8.13. The fourth-order valence-electron chi connectivity index (χ4n) is 1.49. The van der Waals surface area contributed by atoms with Crippen LogP contribution in [0.1, 0.15) is 0 Å². The van der Waals surface area contributed by atoms with Crippen LogP contribution in [0.25, 0.3) is 10.8 Å². The Kier molecular flexibility index (Phi) is 4.03. The molecule has 0 radical (unpaired) electrons. The van der Waals surface area contributed by atoms with Gasteiger partial charge in [0.2, 0.25) is 0 Å². The molecule has 0 fully saturated rings. The van der Waals surface area contributed by atoms with Gasteiger partial charge in [-0.2, -0.15) is 5.26 Å². The first kappa shape index (κ1) is 12.7. The van der Waals surface area contributed by atoms with E-state index >= 15 is 0 Å². The highest BCUT2D eigenvalue weighted by Crippen LogP contribution is 2.25. The van der Waals surface area contributed by atoms with E-state index in [9.17, 15) is 0 Å². The Hall–Kier alpha value is -1.77. The molecule has 0 atom stereocenters. The minimum absolute atomic E-state index is 0.475. The van der Waals surface area contributed by atoms with E-state index in [0.717, 1.165) is 16.5 Å². The third-order valence-electron chi connectivity index (χ3n) is 2.29. The van der Waals surface area contributed by atoms with Gasteiger partial charge < -0.3 is 0 Å². The lowest BCUT2D eigenvalue weighted by Gasteiger charge is -2.02. The normalized spacial score (nSPS) is 11.3. The summed E-state index contributed by atoms with van der Waals surface area (Å²) in [5.41, 5.74) is 0.761. The molecular formula is C12H9ClN4S. The van der Waals surface area contributed by atoms with Crippen LogP contribution in [0.4, 0.5) is 5.69 Å². The van der Waals surface area contributed by atoms with Crippen LogP contribution < -0.4 is 5.32 Å². The van der Waals surface area contributed by atoms with E-state index < -0.39 is 0 Å². The third kappa shape index (κ3) is 2.73. The van der Waals surface area contributed by atoms with Gasteiger partial charge in [-0.3, -0.25) is 5.32 Å². The molecular weight excluding hydrogens is 268 g/mol. The number of nitrogens with zero attached hydrogens (tertiary/aromatic N) is 3. The van der Waals surface area contributed by atoms with Crippen molar-refractivity contribution in [3.8, 4) is 6.19 Å². The molecule has 1 heterocycles. The topological polar surface area (TPSA) is 61.1 Å². The van der Waals surface area contributed by atoms with Crippen LogP contribution in [0.15, 0.2) is 35.5 Å². The number of thioether (sulfide) groups is 1. The Morgan fingerprint density at radius 2 is 2.33 bits per heavy atom. The van der Waals surface area contributed by atoms with Gasteiger partial charge in [-0.25, -0.2) is 9.98 Å². The fraction of sp³-hybridized carbons (Fsp3) is 0.0833. The number of aromatic nitrogens is 1. The van der Waals surface area contributed by atoms with Crippen LogP contribution in [-0.4, -0.2) is 16.4 Å². The summed E-state index contributed by atoms with van der Waals surface area (Å²) in [5, 5.41) is 14.0. The molecule has 2 rings (SSSR count). The molecule has 0 aliphatic rings. The number of hydrogen-bond acceptors (Lipinski definition) is 4. The molecule has 0 aliphatic carbocycles. The van der Waals surface area contributed by atoms with Crippen molar-refractivity contribution in [3.63, 3.8) is 0 Å². The monoisotopic (exact) mass is 276 g/mol. The second kappa shape index (κ2) is 5.71. The number of aliphatic imine (C=N–C) groups is 1. The van der Waals surface area contributed by atoms with E-state index in [1.807, 2.05) is 36.7 Å². The third-order valence-corrected chi connectivity index (χ3v) is 3.17. The first-order chi connectivity index (χ1) is 8.74. The molecule has 4 nitrogen and oxygen atoms in total. The van der Waals surface area contributed by atoms with Crippen molar-refractivity contribution >= 4 is 45.0 Å². The van der Waals surface area contributed by atoms with Crippen LogP contribution in [0.5, 0.6) is 0 Å². The summed E-state index contributed by atoms with van der Waals surface area (Å²) in [5.74, 6) is 0. The van der Waals surface area contributed by atoms with Crippen molar-refractivity contribution in [2.75, 3.05) is 6.26 Å². The van der Waals surface area contributed by atoms with Gasteiger partial charge >= 0.3 is 0 Å². The summed E-state index contributed by atoms with van der Waals surface area (Å²) in [6, 6.07) is 7.48. The van der Waals surface area contributed by atoms with E-state index in [1.54, 1.807) is 6.20 Å². The van der Waals surface area contributed by atoms with Crippen LogP contribution in [0.2, 0.25) is 5.15 Å². The zero-order chi connectivity index (χ0) is 13.0.